The lowest BCUT2D eigenvalue weighted by Crippen LogP contribution is -2.30. The minimum Gasteiger partial charge on any atom is -0.452 e. The highest BCUT2D eigenvalue weighted by Crippen LogP contribution is 2.19. The van der Waals surface area contributed by atoms with Crippen LogP contribution in [0.5, 0.6) is 0 Å². The molecule has 1 atom stereocenters. The van der Waals surface area contributed by atoms with Crippen LogP contribution in [0, 0.1) is 0 Å². The number of benzene rings is 3. The zero-order valence-electron chi connectivity index (χ0n) is 15.8. The lowest BCUT2D eigenvalue weighted by atomic mass is 10.0. The van der Waals surface area contributed by atoms with Gasteiger partial charge in [-0.3, -0.25) is 14.4 Å². The highest BCUT2D eigenvalue weighted by molar-refractivity contribution is 5.98. The molecule has 1 N–H and O–H groups in total. The van der Waals surface area contributed by atoms with Crippen LogP contribution >= 0.6 is 0 Å². The molecular formula is C23H21NO4. The Morgan fingerprint density at radius 1 is 0.964 bits per heavy atom. The smallest absolute Gasteiger partial charge is 0.311 e. The number of fused-ring (bicyclic) bond motifs is 1. The fourth-order valence-corrected chi connectivity index (χ4v) is 2.95. The van der Waals surface area contributed by atoms with E-state index in [4.69, 9.17) is 4.74 Å². The molecule has 3 aromatic carbocycles. The Kier molecular flexibility index (Phi) is 5.84. The quantitative estimate of drug-likeness (QED) is 0.519. The van der Waals surface area contributed by atoms with Gasteiger partial charge in [0.15, 0.2) is 11.9 Å². The molecule has 0 bridgehead atoms. The molecule has 3 aromatic rings. The van der Waals surface area contributed by atoms with Gasteiger partial charge in [0.05, 0.1) is 6.42 Å². The van der Waals surface area contributed by atoms with Crippen LogP contribution in [0.15, 0.2) is 66.7 Å². The number of hydrogen-bond acceptors (Lipinski definition) is 4. The molecule has 0 fully saturated rings. The summed E-state index contributed by atoms with van der Waals surface area (Å²) in [6, 6.07) is 20.2. The van der Waals surface area contributed by atoms with Crippen LogP contribution in [0.1, 0.15) is 29.8 Å². The van der Waals surface area contributed by atoms with Crippen LogP contribution in [-0.2, 0) is 20.7 Å². The van der Waals surface area contributed by atoms with E-state index in [1.54, 1.807) is 24.3 Å². The van der Waals surface area contributed by atoms with E-state index >= 15 is 0 Å². The van der Waals surface area contributed by atoms with Gasteiger partial charge in [0.1, 0.15) is 0 Å². The lowest BCUT2D eigenvalue weighted by Gasteiger charge is -2.14. The summed E-state index contributed by atoms with van der Waals surface area (Å²) in [6.45, 7) is 2.98. The van der Waals surface area contributed by atoms with Crippen LogP contribution in [0.25, 0.3) is 10.8 Å². The number of carbonyl (C=O) groups excluding carboxylic acids is 3. The summed E-state index contributed by atoms with van der Waals surface area (Å²) >= 11 is 0. The molecule has 1 amide bonds. The van der Waals surface area contributed by atoms with Gasteiger partial charge < -0.3 is 10.1 Å². The summed E-state index contributed by atoms with van der Waals surface area (Å²) in [5.74, 6) is -1.02. The SMILES string of the molecule is CC(=O)c1cccc(NC(=O)[C@@H](C)OC(=O)Cc2cccc3ccccc23)c1. The monoisotopic (exact) mass is 375 g/mol. The van der Waals surface area contributed by atoms with Crippen LogP contribution in [0.2, 0.25) is 0 Å². The van der Waals surface area contributed by atoms with Crippen molar-refractivity contribution in [3.05, 3.63) is 77.9 Å². The number of hydrogen-bond donors (Lipinski definition) is 1. The molecule has 0 unspecified atom stereocenters. The number of Topliss-reactive ketones (excluding diaryl/α,β-unsaturated/α-hetero) is 1. The van der Waals surface area contributed by atoms with Crippen molar-refractivity contribution in [2.24, 2.45) is 0 Å². The Hall–Kier alpha value is -3.47. The molecule has 0 heterocycles. The number of carbonyl (C=O) groups is 3. The van der Waals surface area contributed by atoms with E-state index in [9.17, 15) is 14.4 Å². The minimum absolute atomic E-state index is 0.0821. The number of esters is 1. The molecule has 5 heteroatoms. The Morgan fingerprint density at radius 3 is 2.46 bits per heavy atom. The maximum Gasteiger partial charge on any atom is 0.311 e. The first-order valence-electron chi connectivity index (χ1n) is 9.02. The second-order valence-corrected chi connectivity index (χ2v) is 6.57. The second kappa shape index (κ2) is 8.48. The van der Waals surface area contributed by atoms with Gasteiger partial charge in [-0.25, -0.2) is 0 Å². The van der Waals surface area contributed by atoms with Crippen molar-refractivity contribution >= 4 is 34.1 Å². The van der Waals surface area contributed by atoms with Crippen molar-refractivity contribution in [2.45, 2.75) is 26.4 Å². The summed E-state index contributed by atoms with van der Waals surface area (Å²) in [7, 11) is 0. The maximum atomic E-state index is 12.3. The number of nitrogens with one attached hydrogen (secondary N) is 1. The number of ketones is 1. The molecule has 0 aliphatic carbocycles. The van der Waals surface area contributed by atoms with Gasteiger partial charge in [-0.05, 0) is 42.3 Å². The van der Waals surface area contributed by atoms with Crippen molar-refractivity contribution in [2.75, 3.05) is 5.32 Å². The van der Waals surface area contributed by atoms with Crippen molar-refractivity contribution in [1.82, 2.24) is 0 Å². The van der Waals surface area contributed by atoms with Crippen LogP contribution < -0.4 is 5.32 Å². The van der Waals surface area contributed by atoms with E-state index < -0.39 is 18.0 Å². The van der Waals surface area contributed by atoms with Crippen molar-refractivity contribution in [3.8, 4) is 0 Å². The first-order chi connectivity index (χ1) is 13.4. The predicted molar refractivity (Wildman–Crippen MR) is 108 cm³/mol. The lowest BCUT2D eigenvalue weighted by molar-refractivity contribution is -0.152. The largest absolute Gasteiger partial charge is 0.452 e. The number of anilines is 1. The van der Waals surface area contributed by atoms with Crippen LogP contribution in [0.3, 0.4) is 0 Å². The van der Waals surface area contributed by atoms with E-state index in [0.717, 1.165) is 16.3 Å². The Labute approximate surface area is 163 Å². The molecule has 5 nitrogen and oxygen atoms in total. The molecule has 0 aliphatic rings. The summed E-state index contributed by atoms with van der Waals surface area (Å²) in [5, 5.41) is 4.70. The third-order valence-electron chi connectivity index (χ3n) is 4.43. The Morgan fingerprint density at radius 2 is 1.68 bits per heavy atom. The van der Waals surface area contributed by atoms with E-state index in [0.29, 0.717) is 11.3 Å². The first-order valence-corrected chi connectivity index (χ1v) is 9.02. The molecule has 0 aliphatic heterocycles. The molecule has 0 saturated heterocycles. The van der Waals surface area contributed by atoms with Gasteiger partial charge in [0, 0.05) is 11.3 Å². The average Bonchev–Trinajstić information content (AvgIpc) is 2.68. The van der Waals surface area contributed by atoms with Crippen molar-refractivity contribution in [3.63, 3.8) is 0 Å². The van der Waals surface area contributed by atoms with Gasteiger partial charge >= 0.3 is 5.97 Å². The molecule has 142 valence electrons. The summed E-state index contributed by atoms with van der Waals surface area (Å²) in [5.41, 5.74) is 1.83. The van der Waals surface area contributed by atoms with E-state index in [1.807, 2.05) is 42.5 Å². The Bertz CT molecular complexity index is 1040. The first kappa shape index (κ1) is 19.3. The fraction of sp³-hybridized carbons (Fsp3) is 0.174. The fourth-order valence-electron chi connectivity index (χ4n) is 2.95. The number of rotatable bonds is 6. The molecule has 3 rings (SSSR count). The van der Waals surface area contributed by atoms with E-state index in [-0.39, 0.29) is 12.2 Å². The van der Waals surface area contributed by atoms with E-state index in [1.165, 1.54) is 13.8 Å². The zero-order chi connectivity index (χ0) is 20.1. The summed E-state index contributed by atoms with van der Waals surface area (Å²) in [6.07, 6.45) is -0.873. The highest BCUT2D eigenvalue weighted by atomic mass is 16.5. The van der Waals surface area contributed by atoms with Gasteiger partial charge in [0.25, 0.3) is 5.91 Å². The van der Waals surface area contributed by atoms with E-state index in [2.05, 4.69) is 5.32 Å². The maximum absolute atomic E-state index is 12.3. The molecule has 28 heavy (non-hydrogen) atoms. The van der Waals surface area contributed by atoms with Gasteiger partial charge in [-0.15, -0.1) is 0 Å². The normalized spacial score (nSPS) is 11.6. The Balaban J connectivity index is 1.63. The highest BCUT2D eigenvalue weighted by Gasteiger charge is 2.19. The van der Waals surface area contributed by atoms with Crippen LogP contribution in [-0.4, -0.2) is 23.8 Å². The minimum atomic E-state index is -0.955. The van der Waals surface area contributed by atoms with Crippen molar-refractivity contribution in [1.29, 1.82) is 0 Å². The summed E-state index contributed by atoms with van der Waals surface area (Å²) < 4.78 is 5.30. The predicted octanol–water partition coefficient (Wildman–Crippen LogP) is 4.16. The summed E-state index contributed by atoms with van der Waals surface area (Å²) in [4.78, 5) is 36.1. The third-order valence-corrected chi connectivity index (χ3v) is 4.43. The molecule has 0 radical (unpaired) electrons. The van der Waals surface area contributed by atoms with Crippen LogP contribution in [0.4, 0.5) is 5.69 Å². The van der Waals surface area contributed by atoms with Gasteiger partial charge in [-0.2, -0.15) is 0 Å². The van der Waals surface area contributed by atoms with Crippen molar-refractivity contribution < 1.29 is 19.1 Å². The standard InChI is InChI=1S/C23H21NO4/c1-15(25)18-9-6-11-20(13-18)24-23(27)16(2)28-22(26)14-19-10-5-8-17-7-3-4-12-21(17)19/h3-13,16H,14H2,1-2H3,(H,24,27)/t16-/m1/s1. The molecular weight excluding hydrogens is 354 g/mol. The molecule has 0 spiro atoms. The number of amides is 1. The van der Waals surface area contributed by atoms with Gasteiger partial charge in [0.2, 0.25) is 0 Å². The third kappa shape index (κ3) is 4.62. The molecule has 0 aromatic heterocycles. The van der Waals surface area contributed by atoms with Gasteiger partial charge in [-0.1, -0.05) is 54.6 Å². The topological polar surface area (TPSA) is 72.5 Å². The second-order valence-electron chi connectivity index (χ2n) is 6.57. The average molecular weight is 375 g/mol. The zero-order valence-corrected chi connectivity index (χ0v) is 15.8. The molecule has 0 saturated carbocycles. The number of ether oxygens (including phenoxy) is 1.